The van der Waals surface area contributed by atoms with Gasteiger partial charge in [0.25, 0.3) is 0 Å². The van der Waals surface area contributed by atoms with Crippen molar-refractivity contribution in [2.24, 2.45) is 0 Å². The Balaban J connectivity index is 1.01. The zero-order chi connectivity index (χ0) is 43.0. The second-order valence-electron chi connectivity index (χ2n) is 17.1. The van der Waals surface area contributed by atoms with Crippen molar-refractivity contribution in [1.29, 1.82) is 0 Å². The fraction of sp³-hybridized carbons (Fsp3) is 0. The van der Waals surface area contributed by atoms with Gasteiger partial charge in [0.15, 0.2) is 17.5 Å². The SMILES string of the molecule is c1ccc2cc3c(cc2c1)c1ccccc1n3-c1ccc2cc(-c3nc(-c4ccc5oc6ccccc6c5c4)nc(-c4cccc5oc6ccccc6c45)n3)c3oc4ccccc4c3c2c1. The van der Waals surface area contributed by atoms with Crippen LogP contribution in [0.15, 0.2) is 207 Å². The number of nitrogens with zero attached hydrogens (tertiary/aromatic N) is 4. The Hall–Kier alpha value is -9.07. The molecule has 0 saturated carbocycles. The van der Waals surface area contributed by atoms with Crippen LogP contribution in [-0.2, 0) is 0 Å². The molecule has 15 rings (SSSR count). The Bertz CT molecular complexity index is 4550. The molecule has 0 aliphatic rings. The summed E-state index contributed by atoms with van der Waals surface area (Å²) in [5, 5.41) is 13.0. The van der Waals surface area contributed by atoms with E-state index in [1.807, 2.05) is 72.8 Å². The predicted molar refractivity (Wildman–Crippen MR) is 267 cm³/mol. The van der Waals surface area contributed by atoms with Crippen LogP contribution < -0.4 is 0 Å². The quantitative estimate of drug-likeness (QED) is 0.175. The van der Waals surface area contributed by atoms with Gasteiger partial charge in [0, 0.05) is 59.9 Å². The highest BCUT2D eigenvalue weighted by Gasteiger charge is 2.23. The zero-order valence-electron chi connectivity index (χ0n) is 35.0. The molecular weight excluding hydrogens is 813 g/mol. The van der Waals surface area contributed by atoms with Gasteiger partial charge < -0.3 is 17.8 Å². The Labute approximate surface area is 374 Å². The molecule has 0 aliphatic carbocycles. The van der Waals surface area contributed by atoms with E-state index in [-0.39, 0.29) is 0 Å². The van der Waals surface area contributed by atoms with Gasteiger partial charge in [-0.3, -0.25) is 0 Å². The van der Waals surface area contributed by atoms with Crippen molar-refractivity contribution < 1.29 is 13.3 Å². The molecule has 0 spiro atoms. The normalized spacial score (nSPS) is 12.2. The van der Waals surface area contributed by atoms with E-state index in [9.17, 15) is 0 Å². The minimum Gasteiger partial charge on any atom is -0.456 e. The molecule has 0 atom stereocenters. The van der Waals surface area contributed by atoms with Crippen LogP contribution in [0, 0.1) is 0 Å². The zero-order valence-corrected chi connectivity index (χ0v) is 35.0. The van der Waals surface area contributed by atoms with Crippen molar-refractivity contribution in [2.45, 2.75) is 0 Å². The maximum atomic E-state index is 6.93. The van der Waals surface area contributed by atoms with Crippen LogP contribution in [0.2, 0.25) is 0 Å². The maximum Gasteiger partial charge on any atom is 0.167 e. The molecule has 10 aromatic carbocycles. The van der Waals surface area contributed by atoms with E-state index in [0.717, 1.165) is 104 Å². The first-order valence-electron chi connectivity index (χ1n) is 22.1. The van der Waals surface area contributed by atoms with Gasteiger partial charge in [-0.2, -0.15) is 0 Å². The summed E-state index contributed by atoms with van der Waals surface area (Å²) in [4.78, 5) is 16.0. The summed E-state index contributed by atoms with van der Waals surface area (Å²) in [5.74, 6) is 1.56. The summed E-state index contributed by atoms with van der Waals surface area (Å²) in [7, 11) is 0. The highest BCUT2D eigenvalue weighted by molar-refractivity contribution is 6.23. The minimum atomic E-state index is 0.501. The summed E-state index contributed by atoms with van der Waals surface area (Å²) < 4.78 is 21.9. The third kappa shape index (κ3) is 5.05. The topological polar surface area (TPSA) is 83.0 Å². The smallest absolute Gasteiger partial charge is 0.167 e. The lowest BCUT2D eigenvalue weighted by Gasteiger charge is -2.13. The molecule has 0 bridgehead atoms. The first kappa shape index (κ1) is 35.4. The standard InChI is InChI=1S/C59H32N4O3/c1-2-13-34-31-48-44(28-33(34)12-1)38-14-3-7-19-47(38)63(48)37-26-24-35-29-46(56-55(43(35)32-37)41-17-6-10-22-51(41)66-56)59-61-57(36-25-27-52-45(30-36)39-15-4-8-20-49(39)64-52)60-58(62-59)42-18-11-23-53-54(42)40-16-5-9-21-50(40)65-53/h1-32H. The summed E-state index contributed by atoms with van der Waals surface area (Å²) in [6, 6.07) is 67.5. The lowest BCUT2D eigenvalue weighted by Crippen LogP contribution is -2.01. The second-order valence-corrected chi connectivity index (χ2v) is 17.1. The highest BCUT2D eigenvalue weighted by Crippen LogP contribution is 2.44. The monoisotopic (exact) mass is 844 g/mol. The van der Waals surface area contributed by atoms with E-state index in [0.29, 0.717) is 23.1 Å². The maximum absolute atomic E-state index is 6.93. The molecule has 0 radical (unpaired) electrons. The van der Waals surface area contributed by atoms with Gasteiger partial charge in [-0.1, -0.05) is 115 Å². The largest absolute Gasteiger partial charge is 0.456 e. The Morgan fingerprint density at radius 1 is 0.318 bits per heavy atom. The molecule has 7 nitrogen and oxygen atoms in total. The molecule has 66 heavy (non-hydrogen) atoms. The van der Waals surface area contributed by atoms with Crippen LogP contribution >= 0.6 is 0 Å². The van der Waals surface area contributed by atoms with Crippen molar-refractivity contribution >= 4 is 109 Å². The number of para-hydroxylation sites is 4. The molecule has 0 N–H and O–H groups in total. The summed E-state index contributed by atoms with van der Waals surface area (Å²) in [5.41, 5.74) is 10.5. The molecule has 7 heteroatoms. The lowest BCUT2D eigenvalue weighted by atomic mass is 9.99. The molecule has 306 valence electrons. The van der Waals surface area contributed by atoms with Gasteiger partial charge >= 0.3 is 0 Å². The van der Waals surface area contributed by atoms with Crippen molar-refractivity contribution in [2.75, 3.05) is 0 Å². The van der Waals surface area contributed by atoms with Gasteiger partial charge in [-0.15, -0.1) is 0 Å². The van der Waals surface area contributed by atoms with Gasteiger partial charge in [0.2, 0.25) is 0 Å². The first-order valence-corrected chi connectivity index (χ1v) is 22.1. The van der Waals surface area contributed by atoms with Crippen LogP contribution in [0.25, 0.3) is 149 Å². The number of aromatic nitrogens is 4. The highest BCUT2D eigenvalue weighted by atomic mass is 16.3. The first-order chi connectivity index (χ1) is 32.7. The molecule has 15 aromatic rings. The molecule has 0 amide bonds. The fourth-order valence-electron chi connectivity index (χ4n) is 10.4. The average molecular weight is 845 g/mol. The van der Waals surface area contributed by atoms with Crippen molar-refractivity contribution in [3.8, 4) is 39.9 Å². The van der Waals surface area contributed by atoms with Gasteiger partial charge in [-0.05, 0) is 100 Å². The number of hydrogen-bond donors (Lipinski definition) is 0. The van der Waals surface area contributed by atoms with Crippen molar-refractivity contribution in [3.63, 3.8) is 0 Å². The molecule has 0 aliphatic heterocycles. The average Bonchev–Trinajstić information content (AvgIpc) is 4.14. The number of benzene rings is 10. The van der Waals surface area contributed by atoms with Crippen molar-refractivity contribution in [3.05, 3.63) is 194 Å². The van der Waals surface area contributed by atoms with Crippen LogP contribution in [0.3, 0.4) is 0 Å². The molecule has 5 aromatic heterocycles. The van der Waals surface area contributed by atoms with E-state index in [1.165, 1.54) is 21.5 Å². The number of furan rings is 3. The van der Waals surface area contributed by atoms with Crippen LogP contribution in [0.1, 0.15) is 0 Å². The molecule has 0 unspecified atom stereocenters. The van der Waals surface area contributed by atoms with E-state index in [1.54, 1.807) is 0 Å². The van der Waals surface area contributed by atoms with E-state index in [2.05, 4.69) is 126 Å². The third-order valence-corrected chi connectivity index (χ3v) is 13.4. The molecular formula is C59H32N4O3. The van der Waals surface area contributed by atoms with E-state index >= 15 is 0 Å². The number of rotatable bonds is 4. The summed E-state index contributed by atoms with van der Waals surface area (Å²) in [6.07, 6.45) is 0. The third-order valence-electron chi connectivity index (χ3n) is 13.4. The van der Waals surface area contributed by atoms with Crippen LogP contribution in [-0.4, -0.2) is 19.5 Å². The summed E-state index contributed by atoms with van der Waals surface area (Å²) >= 11 is 0. The molecule has 0 fully saturated rings. The minimum absolute atomic E-state index is 0.501. The Kier molecular flexibility index (Phi) is 7.10. The van der Waals surface area contributed by atoms with Gasteiger partial charge in [0.05, 0.1) is 16.6 Å². The van der Waals surface area contributed by atoms with Gasteiger partial charge in [-0.25, -0.2) is 15.0 Å². The van der Waals surface area contributed by atoms with Crippen LogP contribution in [0.4, 0.5) is 0 Å². The fourth-order valence-corrected chi connectivity index (χ4v) is 10.4. The number of hydrogen-bond acceptors (Lipinski definition) is 6. The number of fused-ring (bicyclic) bond motifs is 15. The lowest BCUT2D eigenvalue weighted by molar-refractivity contribution is 0.668. The van der Waals surface area contributed by atoms with E-state index < -0.39 is 0 Å². The second kappa shape index (κ2) is 13.2. The Morgan fingerprint density at radius 2 is 0.939 bits per heavy atom. The molecule has 5 heterocycles. The summed E-state index contributed by atoms with van der Waals surface area (Å²) in [6.45, 7) is 0. The Morgan fingerprint density at radius 3 is 1.77 bits per heavy atom. The predicted octanol–water partition coefficient (Wildman–Crippen LogP) is 16.0. The van der Waals surface area contributed by atoms with E-state index in [4.69, 9.17) is 28.2 Å². The van der Waals surface area contributed by atoms with Gasteiger partial charge in [0.1, 0.15) is 33.5 Å². The van der Waals surface area contributed by atoms with Crippen molar-refractivity contribution in [1.82, 2.24) is 19.5 Å². The molecule has 0 saturated heterocycles. The van der Waals surface area contributed by atoms with Crippen LogP contribution in [0.5, 0.6) is 0 Å².